The zero-order chi connectivity index (χ0) is 18.7. The second kappa shape index (κ2) is 7.92. The summed E-state index contributed by atoms with van der Waals surface area (Å²) in [5.74, 6) is -0.0313. The first kappa shape index (κ1) is 18.5. The Balaban J connectivity index is 1.54. The van der Waals surface area contributed by atoms with Gasteiger partial charge in [0.25, 0.3) is 11.8 Å². The van der Waals surface area contributed by atoms with Gasteiger partial charge in [-0.2, -0.15) is 0 Å². The van der Waals surface area contributed by atoms with Gasteiger partial charge in [-0.05, 0) is 74.2 Å². The quantitative estimate of drug-likeness (QED) is 0.888. The number of piperidine rings is 1. The van der Waals surface area contributed by atoms with Crippen LogP contribution in [0.2, 0.25) is 5.02 Å². The summed E-state index contributed by atoms with van der Waals surface area (Å²) in [6.45, 7) is 5.32. The van der Waals surface area contributed by atoms with Crippen LogP contribution in [-0.2, 0) is 0 Å². The van der Waals surface area contributed by atoms with E-state index >= 15 is 0 Å². The molecular formula is C21H23ClN2O2. The van der Waals surface area contributed by atoms with Gasteiger partial charge in [-0.3, -0.25) is 9.59 Å². The first-order valence-corrected chi connectivity index (χ1v) is 9.25. The highest BCUT2D eigenvalue weighted by Crippen LogP contribution is 2.17. The Morgan fingerprint density at radius 3 is 2.19 bits per heavy atom. The van der Waals surface area contributed by atoms with E-state index in [1.54, 1.807) is 24.3 Å². The van der Waals surface area contributed by atoms with Gasteiger partial charge in [0.2, 0.25) is 0 Å². The van der Waals surface area contributed by atoms with E-state index in [0.717, 1.165) is 18.4 Å². The van der Waals surface area contributed by atoms with Crippen LogP contribution in [0, 0.1) is 13.8 Å². The second-order valence-electron chi connectivity index (χ2n) is 6.85. The topological polar surface area (TPSA) is 49.4 Å². The Morgan fingerprint density at radius 2 is 1.58 bits per heavy atom. The molecule has 0 aliphatic carbocycles. The molecule has 0 unspecified atom stereocenters. The molecule has 136 valence electrons. The van der Waals surface area contributed by atoms with E-state index in [1.165, 1.54) is 5.56 Å². The number of halogens is 1. The largest absolute Gasteiger partial charge is 0.349 e. The fourth-order valence-electron chi connectivity index (χ4n) is 3.15. The predicted molar refractivity (Wildman–Crippen MR) is 104 cm³/mol. The van der Waals surface area contributed by atoms with Crippen molar-refractivity contribution in [3.8, 4) is 0 Å². The number of rotatable bonds is 3. The lowest BCUT2D eigenvalue weighted by Crippen LogP contribution is -2.46. The molecule has 2 amide bonds. The molecule has 0 atom stereocenters. The van der Waals surface area contributed by atoms with Crippen molar-refractivity contribution in [3.05, 3.63) is 69.7 Å². The average Bonchev–Trinajstić information content (AvgIpc) is 2.64. The van der Waals surface area contributed by atoms with Crippen LogP contribution >= 0.6 is 11.6 Å². The van der Waals surface area contributed by atoms with E-state index in [-0.39, 0.29) is 17.9 Å². The lowest BCUT2D eigenvalue weighted by Gasteiger charge is -2.32. The van der Waals surface area contributed by atoms with Crippen LogP contribution in [0.15, 0.2) is 42.5 Å². The molecule has 3 rings (SSSR count). The van der Waals surface area contributed by atoms with Crippen LogP contribution in [-0.4, -0.2) is 35.8 Å². The average molecular weight is 371 g/mol. The molecule has 1 saturated heterocycles. The number of carbonyl (C=O) groups is 2. The van der Waals surface area contributed by atoms with Gasteiger partial charge < -0.3 is 10.2 Å². The van der Waals surface area contributed by atoms with Crippen LogP contribution in [0.1, 0.15) is 44.7 Å². The molecule has 2 aromatic carbocycles. The summed E-state index contributed by atoms with van der Waals surface area (Å²) in [7, 11) is 0. The van der Waals surface area contributed by atoms with Gasteiger partial charge in [0.1, 0.15) is 0 Å². The third-order valence-electron chi connectivity index (χ3n) is 4.98. The summed E-state index contributed by atoms with van der Waals surface area (Å²) in [6, 6.07) is 12.8. The molecule has 4 nitrogen and oxygen atoms in total. The van der Waals surface area contributed by atoms with Crippen molar-refractivity contribution in [1.29, 1.82) is 0 Å². The van der Waals surface area contributed by atoms with E-state index < -0.39 is 0 Å². The number of likely N-dealkylation sites (tertiary alicyclic amines) is 1. The maximum absolute atomic E-state index is 12.5. The highest BCUT2D eigenvalue weighted by molar-refractivity contribution is 6.30. The number of hydrogen-bond acceptors (Lipinski definition) is 2. The number of aryl methyl sites for hydroxylation is 2. The fraction of sp³-hybridized carbons (Fsp3) is 0.333. The number of nitrogens with zero attached hydrogens (tertiary/aromatic N) is 1. The van der Waals surface area contributed by atoms with Gasteiger partial charge in [0, 0.05) is 35.3 Å². The van der Waals surface area contributed by atoms with Crippen molar-refractivity contribution in [1.82, 2.24) is 10.2 Å². The summed E-state index contributed by atoms with van der Waals surface area (Å²) < 4.78 is 0. The number of hydrogen-bond donors (Lipinski definition) is 1. The molecule has 0 saturated carbocycles. The van der Waals surface area contributed by atoms with Crippen molar-refractivity contribution in [2.75, 3.05) is 13.1 Å². The lowest BCUT2D eigenvalue weighted by atomic mass is 10.0. The molecule has 1 fully saturated rings. The normalized spacial score (nSPS) is 15.0. The third-order valence-corrected chi connectivity index (χ3v) is 5.23. The Kier molecular flexibility index (Phi) is 5.62. The van der Waals surface area contributed by atoms with Crippen molar-refractivity contribution >= 4 is 23.4 Å². The molecule has 1 aliphatic heterocycles. The minimum Gasteiger partial charge on any atom is -0.349 e. The summed E-state index contributed by atoms with van der Waals surface area (Å²) in [5, 5.41) is 3.71. The minimum atomic E-state index is -0.0458. The molecule has 1 N–H and O–H groups in total. The molecule has 2 aromatic rings. The standard InChI is InChI=1S/C21H23ClN2O2/c1-14-3-4-17(13-15(14)2)20(25)23-19-9-11-24(12-10-19)21(26)16-5-7-18(22)8-6-16/h3-8,13,19H,9-12H2,1-2H3,(H,23,25). The summed E-state index contributed by atoms with van der Waals surface area (Å²) in [5.41, 5.74) is 3.62. The van der Waals surface area contributed by atoms with Crippen LogP contribution in [0.3, 0.4) is 0 Å². The van der Waals surface area contributed by atoms with E-state index in [9.17, 15) is 9.59 Å². The zero-order valence-corrected chi connectivity index (χ0v) is 15.8. The van der Waals surface area contributed by atoms with Gasteiger partial charge in [0.05, 0.1) is 0 Å². The molecule has 0 bridgehead atoms. The molecule has 0 aromatic heterocycles. The zero-order valence-electron chi connectivity index (χ0n) is 15.1. The highest BCUT2D eigenvalue weighted by Gasteiger charge is 2.25. The highest BCUT2D eigenvalue weighted by atomic mass is 35.5. The monoisotopic (exact) mass is 370 g/mol. The van der Waals surface area contributed by atoms with E-state index in [1.807, 2.05) is 36.9 Å². The van der Waals surface area contributed by atoms with Crippen LogP contribution in [0.25, 0.3) is 0 Å². The van der Waals surface area contributed by atoms with E-state index in [2.05, 4.69) is 5.32 Å². The molecular weight excluding hydrogens is 348 g/mol. The molecule has 1 heterocycles. The van der Waals surface area contributed by atoms with Crippen LogP contribution in [0.5, 0.6) is 0 Å². The summed E-state index contributed by atoms with van der Waals surface area (Å²) in [6.07, 6.45) is 1.52. The van der Waals surface area contributed by atoms with E-state index in [4.69, 9.17) is 11.6 Å². The lowest BCUT2D eigenvalue weighted by molar-refractivity contribution is 0.0698. The Labute approximate surface area is 159 Å². The van der Waals surface area contributed by atoms with Crippen molar-refractivity contribution in [3.63, 3.8) is 0 Å². The van der Waals surface area contributed by atoms with Gasteiger partial charge >= 0.3 is 0 Å². The van der Waals surface area contributed by atoms with Crippen LogP contribution < -0.4 is 5.32 Å². The van der Waals surface area contributed by atoms with E-state index in [0.29, 0.717) is 29.2 Å². The molecule has 26 heavy (non-hydrogen) atoms. The van der Waals surface area contributed by atoms with Gasteiger partial charge in [0.15, 0.2) is 0 Å². The number of carbonyl (C=O) groups excluding carboxylic acids is 2. The van der Waals surface area contributed by atoms with Gasteiger partial charge in [-0.15, -0.1) is 0 Å². The number of amides is 2. The Hall–Kier alpha value is -2.33. The number of nitrogens with one attached hydrogen (secondary N) is 1. The fourth-order valence-corrected chi connectivity index (χ4v) is 3.28. The minimum absolute atomic E-state index is 0.0144. The van der Waals surface area contributed by atoms with Crippen LogP contribution in [0.4, 0.5) is 0 Å². The smallest absolute Gasteiger partial charge is 0.253 e. The Morgan fingerprint density at radius 1 is 0.962 bits per heavy atom. The first-order chi connectivity index (χ1) is 12.4. The SMILES string of the molecule is Cc1ccc(C(=O)NC2CCN(C(=O)c3ccc(Cl)cc3)CC2)cc1C. The van der Waals surface area contributed by atoms with Gasteiger partial charge in [-0.1, -0.05) is 17.7 Å². The predicted octanol–water partition coefficient (Wildman–Crippen LogP) is 3.99. The molecule has 0 spiro atoms. The third kappa shape index (κ3) is 4.25. The first-order valence-electron chi connectivity index (χ1n) is 8.87. The molecule has 0 radical (unpaired) electrons. The maximum atomic E-state index is 12.5. The van der Waals surface area contributed by atoms with Crippen molar-refractivity contribution in [2.24, 2.45) is 0 Å². The summed E-state index contributed by atoms with van der Waals surface area (Å²) in [4.78, 5) is 26.8. The maximum Gasteiger partial charge on any atom is 0.253 e. The van der Waals surface area contributed by atoms with Crippen molar-refractivity contribution in [2.45, 2.75) is 32.7 Å². The molecule has 5 heteroatoms. The number of benzene rings is 2. The second-order valence-corrected chi connectivity index (χ2v) is 7.28. The van der Waals surface area contributed by atoms with Crippen molar-refractivity contribution < 1.29 is 9.59 Å². The van der Waals surface area contributed by atoms with Gasteiger partial charge in [-0.25, -0.2) is 0 Å². The Bertz CT molecular complexity index is 809. The molecule has 1 aliphatic rings. The summed E-state index contributed by atoms with van der Waals surface area (Å²) >= 11 is 5.87.